The van der Waals surface area contributed by atoms with Gasteiger partial charge < -0.3 is 15.7 Å². The summed E-state index contributed by atoms with van der Waals surface area (Å²) >= 11 is 0.908. The SMILES string of the molecule is O=C1N[C@H](c2ccc(F)cc2)[C@@H](C(=O)c2cccs2)[C@@](O)(C(F)(F)F)N1. The Bertz CT molecular complexity index is 823. The van der Waals surface area contributed by atoms with Gasteiger partial charge in [0.15, 0.2) is 5.78 Å². The second-order valence-corrected chi connectivity index (χ2v) is 6.66. The van der Waals surface area contributed by atoms with E-state index in [1.807, 2.05) is 0 Å². The molecule has 1 saturated heterocycles. The number of nitrogens with one attached hydrogen (secondary N) is 2. The van der Waals surface area contributed by atoms with Crippen molar-refractivity contribution in [2.24, 2.45) is 5.92 Å². The summed E-state index contributed by atoms with van der Waals surface area (Å²) in [5.41, 5.74) is -3.73. The van der Waals surface area contributed by atoms with Crippen LogP contribution in [0.5, 0.6) is 0 Å². The molecule has 0 bridgehead atoms. The average molecular weight is 388 g/mol. The third kappa shape index (κ3) is 3.06. The third-order valence-electron chi connectivity index (χ3n) is 4.08. The number of thiophene rings is 1. The van der Waals surface area contributed by atoms with E-state index in [0.29, 0.717) is 0 Å². The van der Waals surface area contributed by atoms with E-state index in [9.17, 15) is 32.3 Å². The molecule has 2 heterocycles. The minimum atomic E-state index is -5.32. The highest BCUT2D eigenvalue weighted by Gasteiger charge is 2.66. The first-order valence-corrected chi connectivity index (χ1v) is 8.22. The lowest BCUT2D eigenvalue weighted by molar-refractivity contribution is -0.287. The van der Waals surface area contributed by atoms with Crippen LogP contribution in [0.4, 0.5) is 22.4 Å². The highest BCUT2D eigenvalue weighted by Crippen LogP contribution is 2.44. The van der Waals surface area contributed by atoms with Crippen molar-refractivity contribution < 1.29 is 32.3 Å². The number of benzene rings is 1. The van der Waals surface area contributed by atoms with Gasteiger partial charge in [-0.15, -0.1) is 11.3 Å². The first-order chi connectivity index (χ1) is 12.1. The number of carbonyl (C=O) groups excluding carboxylic acids is 2. The molecule has 3 atom stereocenters. The monoisotopic (exact) mass is 388 g/mol. The van der Waals surface area contributed by atoms with Gasteiger partial charge in [-0.25, -0.2) is 9.18 Å². The van der Waals surface area contributed by atoms with Crippen molar-refractivity contribution >= 4 is 23.2 Å². The van der Waals surface area contributed by atoms with Gasteiger partial charge in [-0.2, -0.15) is 13.2 Å². The van der Waals surface area contributed by atoms with E-state index in [0.717, 1.165) is 35.6 Å². The lowest BCUT2D eigenvalue weighted by atomic mass is 9.78. The van der Waals surface area contributed by atoms with E-state index in [2.05, 4.69) is 5.32 Å². The molecule has 1 aliphatic rings. The van der Waals surface area contributed by atoms with E-state index < -0.39 is 41.5 Å². The van der Waals surface area contributed by atoms with Crippen LogP contribution in [0, 0.1) is 11.7 Å². The maximum atomic E-state index is 13.6. The predicted molar refractivity (Wildman–Crippen MR) is 84.0 cm³/mol. The van der Waals surface area contributed by atoms with Crippen molar-refractivity contribution in [2.75, 3.05) is 0 Å². The normalized spacial score (nSPS) is 26.1. The van der Waals surface area contributed by atoms with E-state index in [4.69, 9.17) is 0 Å². The molecule has 3 N–H and O–H groups in total. The summed E-state index contributed by atoms with van der Waals surface area (Å²) in [5.74, 6) is -3.74. The first-order valence-electron chi connectivity index (χ1n) is 7.34. The van der Waals surface area contributed by atoms with Crippen LogP contribution in [0.2, 0.25) is 0 Å². The second kappa shape index (κ2) is 6.36. The van der Waals surface area contributed by atoms with Crippen LogP contribution in [0.25, 0.3) is 0 Å². The largest absolute Gasteiger partial charge is 0.437 e. The minimum absolute atomic E-state index is 0.0114. The fourth-order valence-corrected chi connectivity index (χ4v) is 3.56. The standard InChI is InChI=1S/C16H12F4N2O3S/c17-9-5-3-8(4-6-9)12-11(13(23)10-2-1-7-26-10)15(25,16(18,19)20)22-14(24)21-12/h1-7,11-12,25H,(H2,21,22,24)/t11-,12+,15+/m0/s1. The zero-order chi connectivity index (χ0) is 19.1. The Morgan fingerprint density at radius 3 is 2.38 bits per heavy atom. The highest BCUT2D eigenvalue weighted by molar-refractivity contribution is 7.12. The number of hydrogen-bond acceptors (Lipinski definition) is 4. The lowest BCUT2D eigenvalue weighted by Gasteiger charge is -2.44. The third-order valence-corrected chi connectivity index (χ3v) is 4.97. The molecule has 0 radical (unpaired) electrons. The fraction of sp³-hybridized carbons (Fsp3) is 0.250. The van der Waals surface area contributed by atoms with Crippen LogP contribution in [-0.4, -0.2) is 28.8 Å². The number of alkyl halides is 3. The summed E-state index contributed by atoms with van der Waals surface area (Å²) in [6.45, 7) is 0. The van der Waals surface area contributed by atoms with Gasteiger partial charge in [0.1, 0.15) is 11.7 Å². The number of ketones is 1. The minimum Gasteiger partial charge on any atom is -0.363 e. The molecule has 2 aromatic rings. The van der Waals surface area contributed by atoms with Crippen molar-refractivity contribution in [3.63, 3.8) is 0 Å². The number of halogens is 4. The number of amides is 2. The molecule has 0 unspecified atom stereocenters. The van der Waals surface area contributed by atoms with Gasteiger partial charge in [0.05, 0.1) is 10.9 Å². The van der Waals surface area contributed by atoms with Gasteiger partial charge >= 0.3 is 12.2 Å². The number of carbonyl (C=O) groups is 2. The van der Waals surface area contributed by atoms with Crippen LogP contribution < -0.4 is 10.6 Å². The number of aliphatic hydroxyl groups is 1. The molecule has 0 aliphatic carbocycles. The average Bonchev–Trinajstić information content (AvgIpc) is 3.08. The number of hydrogen-bond donors (Lipinski definition) is 3. The molecule has 1 fully saturated rings. The fourth-order valence-electron chi connectivity index (χ4n) is 2.86. The molecule has 26 heavy (non-hydrogen) atoms. The summed E-state index contributed by atoms with van der Waals surface area (Å²) in [5, 5.41) is 15.5. The Balaban J connectivity index is 2.14. The van der Waals surface area contributed by atoms with E-state index in [-0.39, 0.29) is 10.4 Å². The molecule has 2 amide bonds. The molecule has 0 saturated carbocycles. The highest BCUT2D eigenvalue weighted by atomic mass is 32.1. The van der Waals surface area contributed by atoms with Gasteiger partial charge in [-0.3, -0.25) is 4.79 Å². The quantitative estimate of drug-likeness (QED) is 0.559. The van der Waals surface area contributed by atoms with E-state index in [1.165, 1.54) is 22.8 Å². The molecule has 3 rings (SSSR count). The van der Waals surface area contributed by atoms with Crippen molar-refractivity contribution in [3.8, 4) is 0 Å². The van der Waals surface area contributed by atoms with Crippen LogP contribution in [-0.2, 0) is 0 Å². The Labute approximate surface area is 148 Å². The second-order valence-electron chi connectivity index (χ2n) is 5.71. The number of urea groups is 1. The smallest absolute Gasteiger partial charge is 0.363 e. The summed E-state index contributed by atoms with van der Waals surface area (Å²) in [6, 6.07) is 4.27. The van der Waals surface area contributed by atoms with Gasteiger partial charge in [-0.05, 0) is 29.1 Å². The van der Waals surface area contributed by atoms with Crippen molar-refractivity contribution in [2.45, 2.75) is 17.9 Å². The molecular formula is C16H12F4N2O3S. The van der Waals surface area contributed by atoms with Crippen LogP contribution in [0.1, 0.15) is 21.3 Å². The van der Waals surface area contributed by atoms with Crippen molar-refractivity contribution in [1.82, 2.24) is 10.6 Å². The Morgan fingerprint density at radius 1 is 1.19 bits per heavy atom. The number of Topliss-reactive ketones (excluding diaryl/α,β-unsaturated/α-hetero) is 1. The zero-order valence-electron chi connectivity index (χ0n) is 12.9. The topological polar surface area (TPSA) is 78.4 Å². The van der Waals surface area contributed by atoms with Gasteiger partial charge in [0, 0.05) is 0 Å². The van der Waals surface area contributed by atoms with Gasteiger partial charge in [0.2, 0.25) is 5.72 Å². The summed E-state index contributed by atoms with van der Waals surface area (Å²) in [7, 11) is 0. The lowest BCUT2D eigenvalue weighted by Crippen LogP contribution is -2.72. The van der Waals surface area contributed by atoms with Crippen molar-refractivity contribution in [1.29, 1.82) is 0 Å². The maximum Gasteiger partial charge on any atom is 0.437 e. The molecule has 0 spiro atoms. The van der Waals surface area contributed by atoms with Gasteiger partial charge in [-0.1, -0.05) is 18.2 Å². The molecule has 1 aliphatic heterocycles. The van der Waals surface area contributed by atoms with Gasteiger partial charge in [0.25, 0.3) is 0 Å². The van der Waals surface area contributed by atoms with Crippen LogP contribution in [0.3, 0.4) is 0 Å². The summed E-state index contributed by atoms with van der Waals surface area (Å²) < 4.78 is 54.0. The summed E-state index contributed by atoms with van der Waals surface area (Å²) in [6.07, 6.45) is -5.32. The molecule has 1 aromatic heterocycles. The predicted octanol–water partition coefficient (Wildman–Crippen LogP) is 2.99. The van der Waals surface area contributed by atoms with Crippen molar-refractivity contribution in [3.05, 3.63) is 58.0 Å². The van der Waals surface area contributed by atoms with Crippen LogP contribution >= 0.6 is 11.3 Å². The first kappa shape index (κ1) is 18.3. The van der Waals surface area contributed by atoms with E-state index in [1.54, 1.807) is 0 Å². The molecule has 1 aromatic carbocycles. The molecule has 5 nitrogen and oxygen atoms in total. The Morgan fingerprint density at radius 2 is 1.85 bits per heavy atom. The Kier molecular flexibility index (Phi) is 4.49. The number of rotatable bonds is 3. The molecule has 10 heteroatoms. The molecular weight excluding hydrogens is 376 g/mol. The maximum absolute atomic E-state index is 13.6. The Hall–Kier alpha value is -2.46. The zero-order valence-corrected chi connectivity index (χ0v) is 13.7. The van der Waals surface area contributed by atoms with E-state index >= 15 is 0 Å². The molecule has 138 valence electrons. The van der Waals surface area contributed by atoms with Crippen LogP contribution in [0.15, 0.2) is 41.8 Å². The summed E-state index contributed by atoms with van der Waals surface area (Å²) in [4.78, 5) is 24.5.